The first-order valence-corrected chi connectivity index (χ1v) is 6.55. The Labute approximate surface area is 116 Å². The highest BCUT2D eigenvalue weighted by Crippen LogP contribution is 2.33. The Hall–Kier alpha value is -1.24. The first kappa shape index (κ1) is 14.2. The van der Waals surface area contributed by atoms with Crippen molar-refractivity contribution >= 4 is 27.5 Å². The largest absolute Gasteiger partial charge is 0.416 e. The summed E-state index contributed by atoms with van der Waals surface area (Å²) in [5.74, 6) is -0.158. The summed E-state index contributed by atoms with van der Waals surface area (Å²) in [6, 6.07) is 3.54. The van der Waals surface area contributed by atoms with Gasteiger partial charge in [0.25, 0.3) is 0 Å². The molecule has 3 nitrogen and oxygen atoms in total. The molecular weight excluding hydrogens is 325 g/mol. The average molecular weight is 337 g/mol. The highest BCUT2D eigenvalue weighted by molar-refractivity contribution is 9.10. The summed E-state index contributed by atoms with van der Waals surface area (Å²) in [7, 11) is 0. The number of hydrogen-bond acceptors (Lipinski definition) is 2. The van der Waals surface area contributed by atoms with Crippen LogP contribution in [-0.2, 0) is 11.0 Å². The predicted octanol–water partition coefficient (Wildman–Crippen LogP) is 3.16. The molecule has 1 aliphatic rings. The summed E-state index contributed by atoms with van der Waals surface area (Å²) in [4.78, 5) is 11.4. The van der Waals surface area contributed by atoms with E-state index in [-0.39, 0.29) is 23.0 Å². The summed E-state index contributed by atoms with van der Waals surface area (Å²) >= 11 is 3.06. The quantitative estimate of drug-likeness (QED) is 0.886. The number of carbonyl (C=O) groups excluding carboxylic acids is 1. The highest BCUT2D eigenvalue weighted by Gasteiger charge is 2.30. The van der Waals surface area contributed by atoms with E-state index in [0.29, 0.717) is 5.69 Å². The van der Waals surface area contributed by atoms with Gasteiger partial charge in [0.15, 0.2) is 0 Å². The lowest BCUT2D eigenvalue weighted by Crippen LogP contribution is -2.31. The van der Waals surface area contributed by atoms with E-state index in [4.69, 9.17) is 0 Å². The molecule has 0 heterocycles. The second kappa shape index (κ2) is 5.40. The molecule has 1 amide bonds. The fraction of sp³-hybridized carbons (Fsp3) is 0.417. The van der Waals surface area contributed by atoms with Crippen LogP contribution in [0.3, 0.4) is 0 Å². The van der Waals surface area contributed by atoms with E-state index >= 15 is 0 Å². The molecule has 1 saturated carbocycles. The van der Waals surface area contributed by atoms with Gasteiger partial charge in [0.2, 0.25) is 5.91 Å². The number of amides is 1. The Morgan fingerprint density at radius 1 is 1.37 bits per heavy atom. The Morgan fingerprint density at radius 3 is 2.58 bits per heavy atom. The Kier molecular flexibility index (Phi) is 4.03. The second-order valence-corrected chi connectivity index (χ2v) is 5.24. The normalized spacial score (nSPS) is 15.2. The first-order chi connectivity index (χ1) is 8.86. The van der Waals surface area contributed by atoms with E-state index in [1.54, 1.807) is 0 Å². The van der Waals surface area contributed by atoms with Gasteiger partial charge >= 0.3 is 6.18 Å². The van der Waals surface area contributed by atoms with Crippen molar-refractivity contribution in [3.8, 4) is 0 Å². The minimum atomic E-state index is -4.37. The molecule has 2 rings (SSSR count). The minimum absolute atomic E-state index is 0.0421. The molecular formula is C12H12BrF3N2O. The molecule has 0 unspecified atom stereocenters. The Bertz CT molecular complexity index is 486. The molecule has 0 aliphatic heterocycles. The molecule has 0 aromatic heterocycles. The van der Waals surface area contributed by atoms with Crippen molar-refractivity contribution in [1.29, 1.82) is 0 Å². The third-order valence-electron chi connectivity index (χ3n) is 2.68. The molecule has 7 heteroatoms. The number of carbonyl (C=O) groups is 1. The van der Waals surface area contributed by atoms with Crippen LogP contribution < -0.4 is 10.6 Å². The zero-order chi connectivity index (χ0) is 14.0. The highest BCUT2D eigenvalue weighted by atomic mass is 79.9. The van der Waals surface area contributed by atoms with Gasteiger partial charge in [0.1, 0.15) is 0 Å². The average Bonchev–Trinajstić information content (AvgIpc) is 3.10. The molecule has 0 spiro atoms. The van der Waals surface area contributed by atoms with Crippen LogP contribution in [0.1, 0.15) is 18.4 Å². The lowest BCUT2D eigenvalue weighted by atomic mass is 10.2. The molecule has 0 bridgehead atoms. The fourth-order valence-corrected chi connectivity index (χ4v) is 2.04. The van der Waals surface area contributed by atoms with Gasteiger partial charge in [-0.1, -0.05) is 0 Å². The number of alkyl halides is 3. The maximum absolute atomic E-state index is 12.5. The lowest BCUT2D eigenvalue weighted by molar-refractivity contribution is -0.137. The van der Waals surface area contributed by atoms with Crippen LogP contribution in [0, 0.1) is 0 Å². The molecule has 19 heavy (non-hydrogen) atoms. The second-order valence-electron chi connectivity index (χ2n) is 4.39. The van der Waals surface area contributed by atoms with Crippen molar-refractivity contribution in [2.24, 2.45) is 0 Å². The third kappa shape index (κ3) is 4.12. The predicted molar refractivity (Wildman–Crippen MR) is 68.8 cm³/mol. The molecule has 104 valence electrons. The lowest BCUT2D eigenvalue weighted by Gasteiger charge is -2.12. The van der Waals surface area contributed by atoms with Gasteiger partial charge in [-0.25, -0.2) is 0 Å². The number of benzene rings is 1. The van der Waals surface area contributed by atoms with E-state index in [9.17, 15) is 18.0 Å². The van der Waals surface area contributed by atoms with Gasteiger partial charge in [0.05, 0.1) is 12.1 Å². The molecule has 2 N–H and O–H groups in total. The number of rotatable bonds is 4. The Morgan fingerprint density at radius 2 is 2.05 bits per heavy atom. The van der Waals surface area contributed by atoms with Gasteiger partial charge in [0, 0.05) is 16.2 Å². The van der Waals surface area contributed by atoms with Gasteiger partial charge in [-0.2, -0.15) is 13.2 Å². The van der Waals surface area contributed by atoms with E-state index in [1.165, 1.54) is 6.07 Å². The van der Waals surface area contributed by atoms with Crippen molar-refractivity contribution in [2.45, 2.75) is 25.1 Å². The SMILES string of the molecule is O=C(CNc1ccc(C(F)(F)F)cc1Br)NC1CC1. The van der Waals surface area contributed by atoms with Gasteiger partial charge in [-0.15, -0.1) is 0 Å². The number of nitrogens with one attached hydrogen (secondary N) is 2. The smallest absolute Gasteiger partial charge is 0.375 e. The van der Waals surface area contributed by atoms with Crippen LogP contribution >= 0.6 is 15.9 Å². The minimum Gasteiger partial charge on any atom is -0.375 e. The van der Waals surface area contributed by atoms with Gasteiger partial charge < -0.3 is 10.6 Å². The number of hydrogen-bond donors (Lipinski definition) is 2. The summed E-state index contributed by atoms with van der Waals surface area (Å²) in [6.07, 6.45) is -2.38. The maximum Gasteiger partial charge on any atom is 0.416 e. The summed E-state index contributed by atoms with van der Waals surface area (Å²) in [6.45, 7) is 0.0421. The molecule has 1 aromatic carbocycles. The summed E-state index contributed by atoms with van der Waals surface area (Å²) in [5, 5.41) is 5.58. The standard InChI is InChI=1S/C12H12BrF3N2O/c13-9-5-7(12(14,15)16)1-4-10(9)17-6-11(19)18-8-2-3-8/h1,4-5,8,17H,2-3,6H2,(H,18,19). The maximum atomic E-state index is 12.5. The summed E-state index contributed by atoms with van der Waals surface area (Å²) < 4.78 is 37.7. The van der Waals surface area contributed by atoms with E-state index in [0.717, 1.165) is 25.0 Å². The van der Waals surface area contributed by atoms with Crippen molar-refractivity contribution in [3.63, 3.8) is 0 Å². The van der Waals surface area contributed by atoms with E-state index in [2.05, 4.69) is 26.6 Å². The molecule has 0 radical (unpaired) electrons. The van der Waals surface area contributed by atoms with E-state index in [1.807, 2.05) is 0 Å². The van der Waals surface area contributed by atoms with Gasteiger partial charge in [-0.05, 0) is 47.0 Å². The van der Waals surface area contributed by atoms with Crippen LogP contribution in [0.25, 0.3) is 0 Å². The summed E-state index contributed by atoms with van der Waals surface area (Å²) in [5.41, 5.74) is -0.272. The monoisotopic (exact) mass is 336 g/mol. The molecule has 1 aliphatic carbocycles. The molecule has 0 saturated heterocycles. The Balaban J connectivity index is 1.94. The van der Waals surface area contributed by atoms with Gasteiger partial charge in [-0.3, -0.25) is 4.79 Å². The zero-order valence-electron chi connectivity index (χ0n) is 9.85. The van der Waals surface area contributed by atoms with E-state index < -0.39 is 11.7 Å². The molecule has 1 aromatic rings. The molecule has 1 fully saturated rings. The van der Waals surface area contributed by atoms with Crippen molar-refractivity contribution < 1.29 is 18.0 Å². The molecule has 0 atom stereocenters. The fourth-order valence-electron chi connectivity index (χ4n) is 1.52. The van der Waals surface area contributed by atoms with Crippen LogP contribution in [0.4, 0.5) is 18.9 Å². The van der Waals surface area contributed by atoms with Crippen molar-refractivity contribution in [3.05, 3.63) is 28.2 Å². The van der Waals surface area contributed by atoms with Crippen LogP contribution in [0.5, 0.6) is 0 Å². The zero-order valence-corrected chi connectivity index (χ0v) is 11.4. The first-order valence-electron chi connectivity index (χ1n) is 5.76. The van der Waals surface area contributed by atoms with Crippen LogP contribution in [-0.4, -0.2) is 18.5 Å². The van der Waals surface area contributed by atoms with Crippen LogP contribution in [0.15, 0.2) is 22.7 Å². The van der Waals surface area contributed by atoms with Crippen molar-refractivity contribution in [1.82, 2.24) is 5.32 Å². The van der Waals surface area contributed by atoms with Crippen LogP contribution in [0.2, 0.25) is 0 Å². The number of anilines is 1. The third-order valence-corrected chi connectivity index (χ3v) is 3.33. The number of halogens is 4. The van der Waals surface area contributed by atoms with Crippen molar-refractivity contribution in [2.75, 3.05) is 11.9 Å². The topological polar surface area (TPSA) is 41.1 Å².